The van der Waals surface area contributed by atoms with Crippen molar-refractivity contribution in [3.05, 3.63) is 34.4 Å². The molecule has 244 valence electrons. The van der Waals surface area contributed by atoms with E-state index in [1.807, 2.05) is 38.1 Å². The van der Waals surface area contributed by atoms with Crippen molar-refractivity contribution < 1.29 is 33.9 Å². The number of halogens is 1. The molecule has 2 aromatic rings. The number of fused-ring (bicyclic) bond motifs is 2. The number of hydrogen-bond acceptors (Lipinski definition) is 6. The molecule has 3 heterocycles. The fraction of sp³-hybridized carbons (Fsp3) is 0.548. The number of carbonyl (C=O) groups is 6. The molecule has 6 N–H and O–H groups in total. The van der Waals surface area contributed by atoms with E-state index in [4.69, 9.17) is 0 Å². The van der Waals surface area contributed by atoms with Crippen LogP contribution in [0.2, 0.25) is 0 Å². The zero-order valence-corrected chi connectivity index (χ0v) is 27.4. The first-order valence-electron chi connectivity index (χ1n) is 15.3. The van der Waals surface area contributed by atoms with Crippen molar-refractivity contribution in [2.75, 3.05) is 6.54 Å². The summed E-state index contributed by atoms with van der Waals surface area (Å²) in [5.74, 6) is -4.93. The van der Waals surface area contributed by atoms with Crippen molar-refractivity contribution in [3.63, 3.8) is 0 Å². The van der Waals surface area contributed by atoms with Crippen molar-refractivity contribution in [3.8, 4) is 0 Å². The second-order valence-corrected chi connectivity index (χ2v) is 13.3. The smallest absolute Gasteiger partial charge is 0.305 e. The van der Waals surface area contributed by atoms with Crippen LogP contribution in [0.5, 0.6) is 0 Å². The minimum Gasteiger partial charge on any atom is -0.481 e. The number of aromatic amines is 1. The maximum atomic E-state index is 13.9. The van der Waals surface area contributed by atoms with E-state index in [-0.39, 0.29) is 31.2 Å². The molecule has 5 atom stereocenters. The van der Waals surface area contributed by atoms with Crippen LogP contribution in [0.25, 0.3) is 10.9 Å². The van der Waals surface area contributed by atoms with Gasteiger partial charge in [-0.1, -0.05) is 45.9 Å². The second kappa shape index (κ2) is 14.4. The average molecular weight is 690 g/mol. The zero-order chi connectivity index (χ0) is 33.0. The molecule has 2 saturated heterocycles. The maximum Gasteiger partial charge on any atom is 0.305 e. The van der Waals surface area contributed by atoms with Crippen molar-refractivity contribution >= 4 is 62.3 Å². The molecule has 0 radical (unpaired) electrons. The lowest BCUT2D eigenvalue weighted by Gasteiger charge is -2.30. The van der Waals surface area contributed by atoms with E-state index < -0.39 is 72.1 Å². The van der Waals surface area contributed by atoms with Crippen LogP contribution in [0.15, 0.2) is 28.9 Å². The molecule has 0 unspecified atom stereocenters. The Morgan fingerprint density at radius 2 is 1.56 bits per heavy atom. The van der Waals surface area contributed by atoms with E-state index in [2.05, 4.69) is 42.2 Å². The number of hydrogen-bond donors (Lipinski definition) is 6. The normalized spacial score (nSPS) is 25.4. The monoisotopic (exact) mass is 688 g/mol. The molecule has 0 aliphatic carbocycles. The summed E-state index contributed by atoms with van der Waals surface area (Å²) in [6.45, 7) is 7.48. The van der Waals surface area contributed by atoms with E-state index in [0.29, 0.717) is 23.0 Å². The third kappa shape index (κ3) is 8.02. The zero-order valence-electron chi connectivity index (χ0n) is 25.8. The first kappa shape index (κ1) is 33.9. The van der Waals surface area contributed by atoms with Gasteiger partial charge in [0.05, 0.1) is 11.0 Å². The summed E-state index contributed by atoms with van der Waals surface area (Å²) in [7, 11) is 0. The van der Waals surface area contributed by atoms with Crippen LogP contribution in [0.1, 0.15) is 58.9 Å². The van der Waals surface area contributed by atoms with Gasteiger partial charge < -0.3 is 36.3 Å². The Bertz CT molecular complexity index is 1470. The fourth-order valence-corrected chi connectivity index (χ4v) is 6.54. The topological polar surface area (TPSA) is 190 Å². The molecule has 14 heteroatoms. The van der Waals surface area contributed by atoms with Gasteiger partial charge >= 0.3 is 5.97 Å². The van der Waals surface area contributed by atoms with E-state index >= 15 is 0 Å². The average Bonchev–Trinajstić information content (AvgIpc) is 3.57. The van der Waals surface area contributed by atoms with Gasteiger partial charge in [0.2, 0.25) is 29.5 Å². The second-order valence-electron chi connectivity index (χ2n) is 12.5. The Hall–Kier alpha value is -3.94. The van der Waals surface area contributed by atoms with Crippen molar-refractivity contribution in [2.24, 2.45) is 11.8 Å². The standard InChI is InChI=1S/C31H41BrN6O7/c1-15(2)12-20-27(41)34-21(13-18-17-8-5-6-9-19(17)33-26(18)32)28(42)36-22(14-24(39)40)31(45)38-11-7-10-23(38)29(43)37-25(16(3)4)30(44)35-20/h5-6,8-9,15-16,20-23,25,33H,7,10-14H2,1-4H3,(H,34,41)(H,35,44)(H,36,42)(H,37,43)(H,39,40)/t20-,21+,22+,23-,25+/m0/s1. The minimum absolute atomic E-state index is 0.0144. The highest BCUT2D eigenvalue weighted by Crippen LogP contribution is 2.28. The highest BCUT2D eigenvalue weighted by molar-refractivity contribution is 9.10. The summed E-state index contributed by atoms with van der Waals surface area (Å²) in [6.07, 6.45) is 0.305. The summed E-state index contributed by atoms with van der Waals surface area (Å²) in [5, 5.41) is 21.3. The number of rotatable bonds is 7. The van der Waals surface area contributed by atoms with Crippen LogP contribution in [0.4, 0.5) is 0 Å². The van der Waals surface area contributed by atoms with Gasteiger partial charge in [-0.25, -0.2) is 0 Å². The van der Waals surface area contributed by atoms with Gasteiger partial charge in [0.1, 0.15) is 30.2 Å². The molecule has 2 aliphatic rings. The van der Waals surface area contributed by atoms with Crippen LogP contribution in [0.3, 0.4) is 0 Å². The third-order valence-corrected chi connectivity index (χ3v) is 8.90. The number of carboxylic acid groups (broad SMARTS) is 1. The lowest BCUT2D eigenvalue weighted by Crippen LogP contribution is -2.59. The Morgan fingerprint density at radius 3 is 2.22 bits per heavy atom. The van der Waals surface area contributed by atoms with Gasteiger partial charge in [0.15, 0.2) is 0 Å². The molecular weight excluding hydrogens is 648 g/mol. The molecule has 45 heavy (non-hydrogen) atoms. The Kier molecular flexibility index (Phi) is 10.9. The molecule has 0 bridgehead atoms. The van der Waals surface area contributed by atoms with Crippen LogP contribution >= 0.6 is 15.9 Å². The van der Waals surface area contributed by atoms with Crippen molar-refractivity contribution in [1.29, 1.82) is 0 Å². The number of aromatic nitrogens is 1. The minimum atomic E-state index is -1.49. The van der Waals surface area contributed by atoms with Gasteiger partial charge in [0, 0.05) is 23.9 Å². The molecule has 1 aromatic carbocycles. The van der Waals surface area contributed by atoms with E-state index in [1.165, 1.54) is 4.90 Å². The lowest BCUT2D eigenvalue weighted by molar-refractivity contribution is -0.146. The molecule has 0 saturated carbocycles. The Labute approximate surface area is 269 Å². The van der Waals surface area contributed by atoms with Gasteiger partial charge in [0.25, 0.3) is 0 Å². The molecule has 13 nitrogen and oxygen atoms in total. The number of aliphatic carboxylic acids is 1. The molecule has 2 fully saturated rings. The molecule has 2 aliphatic heterocycles. The maximum absolute atomic E-state index is 13.9. The van der Waals surface area contributed by atoms with E-state index in [9.17, 15) is 33.9 Å². The first-order valence-corrected chi connectivity index (χ1v) is 16.0. The number of H-pyrrole nitrogens is 1. The van der Waals surface area contributed by atoms with Gasteiger partial charge in [-0.2, -0.15) is 0 Å². The molecule has 0 spiro atoms. The predicted octanol–water partition coefficient (Wildman–Crippen LogP) is 1.59. The molecule has 1 aromatic heterocycles. The van der Waals surface area contributed by atoms with Crippen molar-refractivity contribution in [1.82, 2.24) is 31.2 Å². The SMILES string of the molecule is CC(C)C[C@@H]1NC(=O)[C@@H](C(C)C)NC(=O)[C@@H]2CCCN2C(=O)[C@@H](CC(=O)O)NC(=O)[C@@H](Cc2c(Br)[nH]c3ccccc23)NC1=O. The van der Waals surface area contributed by atoms with Crippen molar-refractivity contribution in [2.45, 2.75) is 90.0 Å². The van der Waals surface area contributed by atoms with Gasteiger partial charge in [-0.3, -0.25) is 28.8 Å². The van der Waals surface area contributed by atoms with Crippen LogP contribution < -0.4 is 21.3 Å². The lowest BCUT2D eigenvalue weighted by atomic mass is 9.98. The first-order chi connectivity index (χ1) is 21.3. The predicted molar refractivity (Wildman–Crippen MR) is 169 cm³/mol. The number of para-hydroxylation sites is 1. The van der Waals surface area contributed by atoms with Crippen LogP contribution in [-0.4, -0.2) is 87.2 Å². The quantitative estimate of drug-likeness (QED) is 0.255. The van der Waals surface area contributed by atoms with E-state index in [0.717, 1.165) is 10.9 Å². The number of carbonyl (C=O) groups excluding carboxylic acids is 5. The number of benzene rings is 1. The van der Waals surface area contributed by atoms with Crippen LogP contribution in [0, 0.1) is 11.8 Å². The summed E-state index contributed by atoms with van der Waals surface area (Å²) in [4.78, 5) is 84.8. The fourth-order valence-electron chi connectivity index (χ4n) is 5.95. The molecule has 5 amide bonds. The van der Waals surface area contributed by atoms with Gasteiger partial charge in [-0.05, 0) is 58.7 Å². The molecular formula is C31H41BrN6O7. The highest BCUT2D eigenvalue weighted by atomic mass is 79.9. The number of nitrogens with one attached hydrogen (secondary N) is 5. The Balaban J connectivity index is 1.79. The third-order valence-electron chi connectivity index (χ3n) is 8.22. The van der Waals surface area contributed by atoms with Gasteiger partial charge in [-0.15, -0.1) is 0 Å². The Morgan fingerprint density at radius 1 is 0.911 bits per heavy atom. The largest absolute Gasteiger partial charge is 0.481 e. The summed E-state index contributed by atoms with van der Waals surface area (Å²) in [6, 6.07) is 1.68. The van der Waals surface area contributed by atoms with Crippen LogP contribution in [-0.2, 0) is 35.2 Å². The summed E-state index contributed by atoms with van der Waals surface area (Å²) >= 11 is 3.51. The number of amides is 5. The van der Waals surface area contributed by atoms with E-state index in [1.54, 1.807) is 13.8 Å². The summed E-state index contributed by atoms with van der Waals surface area (Å²) in [5.41, 5.74) is 1.48. The molecule has 4 rings (SSSR count). The highest BCUT2D eigenvalue weighted by Gasteiger charge is 2.41. The number of nitrogens with zero attached hydrogens (tertiary/aromatic N) is 1. The number of carboxylic acids is 1. The summed E-state index contributed by atoms with van der Waals surface area (Å²) < 4.78 is 0.594.